The summed E-state index contributed by atoms with van der Waals surface area (Å²) in [5.74, 6) is 0.733. The maximum Gasteiger partial charge on any atom is 0.149 e. The van der Waals surface area contributed by atoms with Crippen molar-refractivity contribution in [2.75, 3.05) is 0 Å². The van der Waals surface area contributed by atoms with Gasteiger partial charge >= 0.3 is 0 Å². The Morgan fingerprint density at radius 2 is 1.67 bits per heavy atom. The maximum atomic E-state index is 11.3. The zero-order valence-corrected chi connectivity index (χ0v) is 11.6. The Bertz CT molecular complexity index is 173. The van der Waals surface area contributed by atoms with Crippen LogP contribution in [0.1, 0.15) is 61.3 Å². The largest absolute Gasteiger partial charge is 0.321 e. The van der Waals surface area contributed by atoms with Crippen molar-refractivity contribution < 1.29 is 4.79 Å². The van der Waals surface area contributed by atoms with Crippen molar-refractivity contribution in [2.24, 2.45) is 17.1 Å². The highest BCUT2D eigenvalue weighted by Gasteiger charge is 2.27. The summed E-state index contributed by atoms with van der Waals surface area (Å²) in [5, 5.41) is 0. The number of hydrogen-bond donors (Lipinski definition) is 1. The van der Waals surface area contributed by atoms with Gasteiger partial charge in [-0.05, 0) is 17.8 Å². The molecule has 1 unspecified atom stereocenters. The van der Waals surface area contributed by atoms with Crippen molar-refractivity contribution in [1.29, 1.82) is 0 Å². The van der Waals surface area contributed by atoms with E-state index in [0.717, 1.165) is 6.42 Å². The molecule has 0 fully saturated rings. The minimum absolute atomic E-state index is 0.157. The van der Waals surface area contributed by atoms with Gasteiger partial charge in [0.25, 0.3) is 0 Å². The van der Waals surface area contributed by atoms with Crippen LogP contribution in [0.15, 0.2) is 0 Å². The van der Waals surface area contributed by atoms with Crippen LogP contribution in [0.5, 0.6) is 0 Å². The molecular weight excluding hydrogens is 186 g/mol. The van der Waals surface area contributed by atoms with E-state index in [2.05, 4.69) is 27.7 Å². The Kier molecular flexibility index (Phi) is 8.93. The third-order valence-electron chi connectivity index (χ3n) is 3.07. The number of carbonyl (C=O) groups excluding carboxylic acids is 1. The zero-order chi connectivity index (χ0) is 12.6. The Hall–Kier alpha value is -0.370. The summed E-state index contributed by atoms with van der Waals surface area (Å²) in [7, 11) is 0. The molecule has 0 aliphatic rings. The molecule has 2 heteroatoms. The lowest BCUT2D eigenvalue weighted by Gasteiger charge is -2.31. The summed E-state index contributed by atoms with van der Waals surface area (Å²) in [6, 6.07) is -0.276. The number of rotatable bonds is 5. The fourth-order valence-electron chi connectivity index (χ4n) is 1.18. The van der Waals surface area contributed by atoms with Crippen molar-refractivity contribution in [2.45, 2.75) is 67.3 Å². The smallest absolute Gasteiger partial charge is 0.149 e. The second-order valence-corrected chi connectivity index (χ2v) is 4.77. The summed E-state index contributed by atoms with van der Waals surface area (Å²) < 4.78 is 0. The highest BCUT2D eigenvalue weighted by molar-refractivity contribution is 5.83. The molecule has 0 aliphatic carbocycles. The number of ketones is 1. The third kappa shape index (κ3) is 6.67. The molecule has 92 valence electrons. The van der Waals surface area contributed by atoms with Gasteiger partial charge < -0.3 is 5.73 Å². The van der Waals surface area contributed by atoms with Gasteiger partial charge in [-0.2, -0.15) is 0 Å². The molecular formula is C13H29NO. The van der Waals surface area contributed by atoms with Gasteiger partial charge in [-0.3, -0.25) is 4.79 Å². The second kappa shape index (κ2) is 7.86. The minimum Gasteiger partial charge on any atom is -0.321 e. The molecule has 0 spiro atoms. The molecule has 0 heterocycles. The van der Waals surface area contributed by atoms with Crippen molar-refractivity contribution in [3.63, 3.8) is 0 Å². The Morgan fingerprint density at radius 1 is 1.27 bits per heavy atom. The van der Waals surface area contributed by atoms with E-state index >= 15 is 0 Å². The second-order valence-electron chi connectivity index (χ2n) is 4.77. The SMILES string of the molecule is CC.CCC(=O)C(N)CC(C)(C)C(C)C. The van der Waals surface area contributed by atoms with E-state index in [1.54, 1.807) is 0 Å². The highest BCUT2D eigenvalue weighted by Crippen LogP contribution is 2.31. The molecule has 0 aliphatic heterocycles. The van der Waals surface area contributed by atoms with Crippen molar-refractivity contribution >= 4 is 5.78 Å². The molecule has 0 radical (unpaired) electrons. The topological polar surface area (TPSA) is 43.1 Å². The van der Waals surface area contributed by atoms with Crippen molar-refractivity contribution in [3.05, 3.63) is 0 Å². The van der Waals surface area contributed by atoms with E-state index in [9.17, 15) is 4.79 Å². The first kappa shape index (κ1) is 17.0. The minimum atomic E-state index is -0.276. The number of hydrogen-bond acceptors (Lipinski definition) is 2. The van der Waals surface area contributed by atoms with E-state index in [-0.39, 0.29) is 17.2 Å². The highest BCUT2D eigenvalue weighted by atomic mass is 16.1. The van der Waals surface area contributed by atoms with Crippen LogP contribution in [-0.4, -0.2) is 11.8 Å². The standard InChI is InChI=1S/C11H23NO.C2H6/c1-6-10(13)9(12)7-11(4,5)8(2)3;1-2/h8-9H,6-7,12H2,1-5H3;1-2H3. The summed E-state index contributed by atoms with van der Waals surface area (Å²) in [6.45, 7) is 14.5. The summed E-state index contributed by atoms with van der Waals surface area (Å²) >= 11 is 0. The predicted molar refractivity (Wildman–Crippen MR) is 67.9 cm³/mol. The molecule has 0 bridgehead atoms. The van der Waals surface area contributed by atoms with Crippen molar-refractivity contribution in [3.8, 4) is 0 Å². The molecule has 0 saturated carbocycles. The average Bonchev–Trinajstić information content (AvgIpc) is 2.18. The van der Waals surface area contributed by atoms with Gasteiger partial charge in [0.15, 0.2) is 0 Å². The van der Waals surface area contributed by atoms with Gasteiger partial charge in [-0.25, -0.2) is 0 Å². The lowest BCUT2D eigenvalue weighted by atomic mass is 9.75. The van der Waals surface area contributed by atoms with Crippen LogP contribution in [0.4, 0.5) is 0 Å². The number of Topliss-reactive ketones (excluding diaryl/α,β-unsaturated/α-hetero) is 1. The molecule has 0 aromatic rings. The first-order valence-corrected chi connectivity index (χ1v) is 6.09. The van der Waals surface area contributed by atoms with E-state index < -0.39 is 0 Å². The molecule has 0 aromatic heterocycles. The van der Waals surface area contributed by atoms with E-state index in [1.807, 2.05) is 20.8 Å². The average molecular weight is 215 g/mol. The number of carbonyl (C=O) groups is 1. The zero-order valence-electron chi connectivity index (χ0n) is 11.6. The van der Waals surface area contributed by atoms with Crippen LogP contribution in [-0.2, 0) is 4.79 Å². The normalized spacial score (nSPS) is 13.1. The van der Waals surface area contributed by atoms with Crippen LogP contribution >= 0.6 is 0 Å². The lowest BCUT2D eigenvalue weighted by molar-refractivity contribution is -0.120. The van der Waals surface area contributed by atoms with Crippen LogP contribution in [0.25, 0.3) is 0 Å². The molecule has 2 N–H and O–H groups in total. The summed E-state index contributed by atoms with van der Waals surface area (Å²) in [6.07, 6.45) is 1.34. The molecule has 0 amide bonds. The monoisotopic (exact) mass is 215 g/mol. The fraction of sp³-hybridized carbons (Fsp3) is 0.923. The molecule has 1 atom stereocenters. The molecule has 2 nitrogen and oxygen atoms in total. The van der Waals surface area contributed by atoms with E-state index in [1.165, 1.54) is 0 Å². The quantitative estimate of drug-likeness (QED) is 0.764. The van der Waals surface area contributed by atoms with Gasteiger partial charge in [0.1, 0.15) is 5.78 Å². The van der Waals surface area contributed by atoms with Gasteiger partial charge in [0.2, 0.25) is 0 Å². The number of nitrogens with two attached hydrogens (primary N) is 1. The van der Waals surface area contributed by atoms with E-state index in [4.69, 9.17) is 5.73 Å². The molecule has 0 saturated heterocycles. The third-order valence-corrected chi connectivity index (χ3v) is 3.07. The summed E-state index contributed by atoms with van der Waals surface area (Å²) in [4.78, 5) is 11.3. The fourth-order valence-corrected chi connectivity index (χ4v) is 1.18. The molecule has 0 aromatic carbocycles. The van der Waals surface area contributed by atoms with Crippen molar-refractivity contribution in [1.82, 2.24) is 0 Å². The summed E-state index contributed by atoms with van der Waals surface area (Å²) in [5.41, 5.74) is 5.96. The first-order valence-electron chi connectivity index (χ1n) is 6.09. The Labute approximate surface area is 95.6 Å². The van der Waals surface area contributed by atoms with Crippen LogP contribution in [0.3, 0.4) is 0 Å². The van der Waals surface area contributed by atoms with Gasteiger partial charge in [0.05, 0.1) is 6.04 Å². The first-order chi connectivity index (χ1) is 6.81. The van der Waals surface area contributed by atoms with Gasteiger partial charge in [0, 0.05) is 6.42 Å². The van der Waals surface area contributed by atoms with Gasteiger partial charge in [-0.1, -0.05) is 48.5 Å². The Morgan fingerprint density at radius 3 is 1.93 bits per heavy atom. The van der Waals surface area contributed by atoms with Crippen LogP contribution in [0, 0.1) is 11.3 Å². The maximum absolute atomic E-state index is 11.3. The van der Waals surface area contributed by atoms with Crippen LogP contribution < -0.4 is 5.73 Å². The Balaban J connectivity index is 0. The molecule has 0 rings (SSSR count). The molecule has 15 heavy (non-hydrogen) atoms. The van der Waals surface area contributed by atoms with E-state index in [0.29, 0.717) is 12.3 Å². The lowest BCUT2D eigenvalue weighted by Crippen LogP contribution is -2.36. The predicted octanol–water partition coefficient (Wildman–Crippen LogP) is 3.39. The van der Waals surface area contributed by atoms with Crippen LogP contribution in [0.2, 0.25) is 0 Å². The van der Waals surface area contributed by atoms with Gasteiger partial charge in [-0.15, -0.1) is 0 Å².